The molecule has 0 spiro atoms. The highest BCUT2D eigenvalue weighted by molar-refractivity contribution is 7.99. The number of hydrogen-bond donors (Lipinski definition) is 3. The summed E-state index contributed by atoms with van der Waals surface area (Å²) in [6, 6.07) is 8.05. The minimum atomic E-state index is -0.308. The number of para-hydroxylation sites is 1. The minimum absolute atomic E-state index is 0.0555. The highest BCUT2D eigenvalue weighted by Crippen LogP contribution is 2.28. The van der Waals surface area contributed by atoms with Crippen LogP contribution in [0.25, 0.3) is 0 Å². The third-order valence-corrected chi connectivity index (χ3v) is 4.82. The molecule has 1 aliphatic rings. The lowest BCUT2D eigenvalue weighted by Crippen LogP contribution is -2.40. The number of nitrogens with one attached hydrogen (secondary N) is 2. The van der Waals surface area contributed by atoms with Gasteiger partial charge in [-0.05, 0) is 38.4 Å². The number of hydrogen-bond acceptors (Lipinski definition) is 4. The van der Waals surface area contributed by atoms with Crippen LogP contribution in [0.15, 0.2) is 29.2 Å². The summed E-state index contributed by atoms with van der Waals surface area (Å²) in [5, 5.41) is 6.39. The van der Waals surface area contributed by atoms with Crippen molar-refractivity contribution in [2.45, 2.75) is 37.1 Å². The predicted octanol–water partition coefficient (Wildman–Crippen LogP) is 1.98. The Hall–Kier alpha value is -1.53. The summed E-state index contributed by atoms with van der Waals surface area (Å²) in [5.74, 6) is 0.445. The van der Waals surface area contributed by atoms with Crippen LogP contribution >= 0.6 is 11.8 Å². The molecule has 0 aliphatic carbocycles. The molecule has 1 aromatic rings. The molecule has 4 N–H and O–H groups in total. The number of amides is 2. The summed E-state index contributed by atoms with van der Waals surface area (Å²) in [4.78, 5) is 24.2. The fraction of sp³-hybridized carbons (Fsp3) is 0.500. The van der Waals surface area contributed by atoms with Crippen LogP contribution in [-0.2, 0) is 9.59 Å². The summed E-state index contributed by atoms with van der Waals surface area (Å²) in [6.07, 6.45) is 2.06. The van der Waals surface area contributed by atoms with Crippen molar-refractivity contribution in [2.24, 2.45) is 11.7 Å². The van der Waals surface area contributed by atoms with Crippen molar-refractivity contribution in [1.82, 2.24) is 5.32 Å². The van der Waals surface area contributed by atoms with Gasteiger partial charge in [0.2, 0.25) is 11.8 Å². The van der Waals surface area contributed by atoms with Gasteiger partial charge in [0.15, 0.2) is 0 Å². The number of anilines is 1. The van der Waals surface area contributed by atoms with Gasteiger partial charge in [0.25, 0.3) is 0 Å². The topological polar surface area (TPSA) is 84.2 Å². The molecule has 22 heavy (non-hydrogen) atoms. The van der Waals surface area contributed by atoms with Crippen LogP contribution in [0.3, 0.4) is 0 Å². The molecule has 0 aromatic heterocycles. The zero-order valence-corrected chi connectivity index (χ0v) is 13.6. The maximum Gasteiger partial charge on any atom is 0.227 e. The molecule has 2 rings (SSSR count). The number of carbonyl (C=O) groups excluding carboxylic acids is 2. The number of primary amides is 1. The molecule has 2 amide bonds. The van der Waals surface area contributed by atoms with Gasteiger partial charge < -0.3 is 16.4 Å². The maximum absolute atomic E-state index is 12.4. The van der Waals surface area contributed by atoms with Crippen LogP contribution in [-0.4, -0.2) is 30.2 Å². The van der Waals surface area contributed by atoms with Gasteiger partial charge >= 0.3 is 0 Å². The number of carbonyl (C=O) groups is 2. The first-order chi connectivity index (χ1) is 10.6. The Bertz CT molecular complexity index is 536. The highest BCUT2D eigenvalue weighted by Gasteiger charge is 2.25. The van der Waals surface area contributed by atoms with Gasteiger partial charge in [-0.2, -0.15) is 0 Å². The zero-order valence-electron chi connectivity index (χ0n) is 12.8. The summed E-state index contributed by atoms with van der Waals surface area (Å²) in [7, 11) is 0. The summed E-state index contributed by atoms with van der Waals surface area (Å²) in [6.45, 7) is 2.99. The monoisotopic (exact) mass is 321 g/mol. The average molecular weight is 321 g/mol. The van der Waals surface area contributed by atoms with Gasteiger partial charge in [0.1, 0.15) is 0 Å². The Morgan fingerprint density at radius 1 is 1.41 bits per heavy atom. The van der Waals surface area contributed by atoms with Crippen LogP contribution in [0.2, 0.25) is 0 Å². The van der Waals surface area contributed by atoms with E-state index < -0.39 is 0 Å². The molecule has 0 saturated carbocycles. The van der Waals surface area contributed by atoms with Crippen LogP contribution in [0.5, 0.6) is 0 Å². The van der Waals surface area contributed by atoms with E-state index >= 15 is 0 Å². The zero-order chi connectivity index (χ0) is 15.9. The van der Waals surface area contributed by atoms with Crippen molar-refractivity contribution in [3.05, 3.63) is 24.3 Å². The van der Waals surface area contributed by atoms with Gasteiger partial charge in [-0.25, -0.2) is 0 Å². The number of benzene rings is 1. The first-order valence-electron chi connectivity index (χ1n) is 7.60. The fourth-order valence-corrected chi connectivity index (χ4v) is 3.53. The Labute approximate surface area is 135 Å². The van der Waals surface area contributed by atoms with Crippen molar-refractivity contribution in [2.75, 3.05) is 17.6 Å². The summed E-state index contributed by atoms with van der Waals surface area (Å²) in [5.41, 5.74) is 5.97. The Balaban J connectivity index is 1.96. The van der Waals surface area contributed by atoms with Crippen LogP contribution in [0, 0.1) is 5.92 Å². The van der Waals surface area contributed by atoms with Crippen molar-refractivity contribution in [1.29, 1.82) is 0 Å². The largest absolute Gasteiger partial charge is 0.370 e. The van der Waals surface area contributed by atoms with Crippen molar-refractivity contribution < 1.29 is 9.59 Å². The molecule has 0 unspecified atom stereocenters. The van der Waals surface area contributed by atoms with E-state index in [1.54, 1.807) is 0 Å². The SMILES string of the molecule is C[C@H]1C[C@@H](C(=O)Nc2ccccc2SCCC(N)=O)CCN1. The lowest BCUT2D eigenvalue weighted by Gasteiger charge is -2.27. The minimum Gasteiger partial charge on any atom is -0.370 e. The summed E-state index contributed by atoms with van der Waals surface area (Å²) < 4.78 is 0. The normalized spacial score (nSPS) is 21.3. The van der Waals surface area contributed by atoms with Crippen molar-refractivity contribution in [3.8, 4) is 0 Å². The quantitative estimate of drug-likeness (QED) is 0.700. The van der Waals surface area contributed by atoms with E-state index in [4.69, 9.17) is 5.73 Å². The Morgan fingerprint density at radius 2 is 2.18 bits per heavy atom. The molecule has 1 aliphatic heterocycles. The molecule has 6 heteroatoms. The molecule has 120 valence electrons. The van der Waals surface area contributed by atoms with Gasteiger partial charge in [-0.3, -0.25) is 9.59 Å². The van der Waals surface area contributed by atoms with Crippen LogP contribution in [0.4, 0.5) is 5.69 Å². The standard InChI is InChI=1S/C16H23N3O2S/c1-11-10-12(6-8-18-11)16(21)19-13-4-2-3-5-14(13)22-9-7-15(17)20/h2-5,11-12,18H,6-10H2,1H3,(H2,17,20)(H,19,21)/t11-,12-/m0/s1. The lowest BCUT2D eigenvalue weighted by molar-refractivity contribution is -0.121. The molecule has 0 radical (unpaired) electrons. The number of piperidine rings is 1. The molecule has 0 bridgehead atoms. The van der Waals surface area contributed by atoms with Crippen molar-refractivity contribution in [3.63, 3.8) is 0 Å². The molecule has 1 fully saturated rings. The van der Waals surface area contributed by atoms with E-state index in [-0.39, 0.29) is 17.7 Å². The molecule has 5 nitrogen and oxygen atoms in total. The van der Waals surface area contributed by atoms with Gasteiger partial charge in [0.05, 0.1) is 5.69 Å². The van der Waals surface area contributed by atoms with E-state index in [1.165, 1.54) is 11.8 Å². The van der Waals surface area contributed by atoms with Gasteiger partial charge in [-0.15, -0.1) is 11.8 Å². The van der Waals surface area contributed by atoms with E-state index in [0.29, 0.717) is 18.2 Å². The average Bonchev–Trinajstić information content (AvgIpc) is 2.48. The molecule has 1 aromatic carbocycles. The van der Waals surface area contributed by atoms with E-state index in [2.05, 4.69) is 17.6 Å². The first kappa shape index (κ1) is 16.8. The van der Waals surface area contributed by atoms with Crippen LogP contribution in [0.1, 0.15) is 26.2 Å². The van der Waals surface area contributed by atoms with Gasteiger partial charge in [0, 0.05) is 29.0 Å². The molecule has 2 atom stereocenters. The van der Waals surface area contributed by atoms with Crippen LogP contribution < -0.4 is 16.4 Å². The number of thioether (sulfide) groups is 1. The maximum atomic E-state index is 12.4. The van der Waals surface area contributed by atoms with Crippen molar-refractivity contribution >= 4 is 29.3 Å². The third kappa shape index (κ3) is 5.03. The van der Waals surface area contributed by atoms with E-state index in [9.17, 15) is 9.59 Å². The molecule has 1 heterocycles. The number of rotatable bonds is 6. The molecule has 1 saturated heterocycles. The van der Waals surface area contributed by atoms with E-state index in [1.807, 2.05) is 24.3 Å². The van der Waals surface area contributed by atoms with Gasteiger partial charge in [-0.1, -0.05) is 12.1 Å². The Morgan fingerprint density at radius 3 is 2.91 bits per heavy atom. The highest BCUT2D eigenvalue weighted by atomic mass is 32.2. The second-order valence-corrected chi connectivity index (χ2v) is 6.76. The fourth-order valence-electron chi connectivity index (χ4n) is 2.56. The smallest absolute Gasteiger partial charge is 0.227 e. The number of nitrogens with two attached hydrogens (primary N) is 1. The summed E-state index contributed by atoms with van der Waals surface area (Å²) >= 11 is 1.54. The first-order valence-corrected chi connectivity index (χ1v) is 8.59. The second-order valence-electron chi connectivity index (χ2n) is 5.63. The Kier molecular flexibility index (Phi) is 6.27. The molecular formula is C16H23N3O2S. The predicted molar refractivity (Wildman–Crippen MR) is 89.8 cm³/mol. The second kappa shape index (κ2) is 8.19. The lowest BCUT2D eigenvalue weighted by atomic mass is 9.92. The third-order valence-electron chi connectivity index (χ3n) is 3.75. The van der Waals surface area contributed by atoms with E-state index in [0.717, 1.165) is 30.0 Å². The molecular weight excluding hydrogens is 298 g/mol.